The molecule has 0 spiro atoms. The normalized spacial score (nSPS) is 11.6. The van der Waals surface area contributed by atoms with Gasteiger partial charge in [0, 0.05) is 11.3 Å². The van der Waals surface area contributed by atoms with E-state index >= 15 is 0 Å². The van der Waals surface area contributed by atoms with E-state index in [0.717, 1.165) is 22.3 Å². The highest BCUT2D eigenvalue weighted by Gasteiger charge is 2.15. The fourth-order valence-electron chi connectivity index (χ4n) is 3.45. The summed E-state index contributed by atoms with van der Waals surface area (Å²) in [6, 6.07) is 26.6. The second kappa shape index (κ2) is 9.35. The summed E-state index contributed by atoms with van der Waals surface area (Å²) in [6.45, 7) is 3.82. The highest BCUT2D eigenvalue weighted by molar-refractivity contribution is 6.04. The Balaban J connectivity index is 1.44. The van der Waals surface area contributed by atoms with Crippen LogP contribution in [0.5, 0.6) is 0 Å². The van der Waals surface area contributed by atoms with Gasteiger partial charge in [-0.25, -0.2) is 0 Å². The van der Waals surface area contributed by atoms with Gasteiger partial charge < -0.3 is 15.1 Å². The molecular formula is C27H24N2O3. The maximum Gasteiger partial charge on any atom is 0.291 e. The zero-order valence-corrected chi connectivity index (χ0v) is 18.0. The van der Waals surface area contributed by atoms with E-state index in [-0.39, 0.29) is 23.6 Å². The highest BCUT2D eigenvalue weighted by Crippen LogP contribution is 2.23. The van der Waals surface area contributed by atoms with E-state index in [2.05, 4.69) is 34.9 Å². The average molecular weight is 425 g/mol. The molecule has 0 saturated carbocycles. The van der Waals surface area contributed by atoms with Crippen LogP contribution in [0.3, 0.4) is 0 Å². The molecule has 1 atom stereocenters. The van der Waals surface area contributed by atoms with Crippen molar-refractivity contribution in [2.45, 2.75) is 19.9 Å². The van der Waals surface area contributed by atoms with E-state index in [0.29, 0.717) is 11.3 Å². The van der Waals surface area contributed by atoms with Gasteiger partial charge in [0.1, 0.15) is 0 Å². The minimum absolute atomic E-state index is 0.171. The maximum absolute atomic E-state index is 12.9. The Labute approximate surface area is 187 Å². The van der Waals surface area contributed by atoms with Gasteiger partial charge in [-0.2, -0.15) is 0 Å². The lowest BCUT2D eigenvalue weighted by molar-refractivity contribution is 0.0938. The SMILES string of the molecule is Cc1ccc(C(=O)NC(C)c2ccc(-c3ccccc3)cc2)cc1NC(=O)c1ccco1. The molecule has 0 aliphatic heterocycles. The molecule has 0 fully saturated rings. The first-order valence-electron chi connectivity index (χ1n) is 10.4. The Hall–Kier alpha value is -4.12. The van der Waals surface area contributed by atoms with Crippen LogP contribution in [0.15, 0.2) is 95.6 Å². The van der Waals surface area contributed by atoms with Crippen molar-refractivity contribution in [3.05, 3.63) is 114 Å². The minimum atomic E-state index is -0.359. The van der Waals surface area contributed by atoms with E-state index in [1.807, 2.05) is 50.2 Å². The smallest absolute Gasteiger partial charge is 0.291 e. The fourth-order valence-corrected chi connectivity index (χ4v) is 3.45. The number of anilines is 1. The Morgan fingerprint density at radius 3 is 2.22 bits per heavy atom. The molecule has 1 unspecified atom stereocenters. The first-order valence-corrected chi connectivity index (χ1v) is 10.4. The van der Waals surface area contributed by atoms with E-state index in [4.69, 9.17) is 4.42 Å². The molecule has 3 aromatic carbocycles. The van der Waals surface area contributed by atoms with Gasteiger partial charge in [0.05, 0.1) is 12.3 Å². The Morgan fingerprint density at radius 2 is 1.53 bits per heavy atom. The van der Waals surface area contributed by atoms with Gasteiger partial charge in [0.25, 0.3) is 11.8 Å². The first-order chi connectivity index (χ1) is 15.5. The number of carbonyl (C=O) groups excluding carboxylic acids is 2. The summed E-state index contributed by atoms with van der Waals surface area (Å²) in [5, 5.41) is 5.83. The number of rotatable bonds is 6. The summed E-state index contributed by atoms with van der Waals surface area (Å²) in [4.78, 5) is 25.1. The predicted octanol–water partition coefficient (Wildman–Crippen LogP) is 6.00. The zero-order chi connectivity index (χ0) is 22.5. The number of aryl methyl sites for hydroxylation is 1. The van der Waals surface area contributed by atoms with Crippen molar-refractivity contribution in [2.24, 2.45) is 0 Å². The monoisotopic (exact) mass is 424 g/mol. The van der Waals surface area contributed by atoms with Crippen molar-refractivity contribution < 1.29 is 14.0 Å². The molecule has 32 heavy (non-hydrogen) atoms. The highest BCUT2D eigenvalue weighted by atomic mass is 16.3. The fraction of sp³-hybridized carbons (Fsp3) is 0.111. The number of hydrogen-bond acceptors (Lipinski definition) is 3. The Kier molecular flexibility index (Phi) is 6.17. The van der Waals surface area contributed by atoms with Crippen LogP contribution in [0.25, 0.3) is 11.1 Å². The number of amides is 2. The summed E-state index contributed by atoms with van der Waals surface area (Å²) in [7, 11) is 0. The third kappa shape index (κ3) is 4.78. The largest absolute Gasteiger partial charge is 0.459 e. The van der Waals surface area contributed by atoms with Crippen LogP contribution in [0, 0.1) is 6.92 Å². The first kappa shape index (κ1) is 21.1. The zero-order valence-electron chi connectivity index (χ0n) is 18.0. The molecule has 0 radical (unpaired) electrons. The average Bonchev–Trinajstić information content (AvgIpc) is 3.36. The van der Waals surface area contributed by atoms with E-state index in [1.54, 1.807) is 24.3 Å². The minimum Gasteiger partial charge on any atom is -0.459 e. The summed E-state index contributed by atoms with van der Waals surface area (Å²) in [6.07, 6.45) is 1.44. The second-order valence-electron chi connectivity index (χ2n) is 7.64. The van der Waals surface area contributed by atoms with Gasteiger partial charge in [0.15, 0.2) is 5.76 Å². The molecule has 0 aliphatic carbocycles. The van der Waals surface area contributed by atoms with Gasteiger partial charge in [-0.3, -0.25) is 9.59 Å². The van der Waals surface area contributed by atoms with Crippen LogP contribution in [0.2, 0.25) is 0 Å². The second-order valence-corrected chi connectivity index (χ2v) is 7.64. The summed E-state index contributed by atoms with van der Waals surface area (Å²) >= 11 is 0. The summed E-state index contributed by atoms with van der Waals surface area (Å²) < 4.78 is 5.13. The van der Waals surface area contributed by atoms with Crippen LogP contribution in [-0.4, -0.2) is 11.8 Å². The van der Waals surface area contributed by atoms with Crippen LogP contribution < -0.4 is 10.6 Å². The molecule has 160 valence electrons. The molecule has 2 amide bonds. The Bertz CT molecular complexity index is 1210. The number of hydrogen-bond donors (Lipinski definition) is 2. The lowest BCUT2D eigenvalue weighted by Crippen LogP contribution is -2.26. The lowest BCUT2D eigenvalue weighted by Gasteiger charge is -2.16. The molecular weight excluding hydrogens is 400 g/mol. The number of benzene rings is 3. The number of nitrogens with one attached hydrogen (secondary N) is 2. The van der Waals surface area contributed by atoms with Crippen LogP contribution >= 0.6 is 0 Å². The lowest BCUT2D eigenvalue weighted by atomic mass is 10.0. The van der Waals surface area contributed by atoms with Crippen molar-refractivity contribution in [3.8, 4) is 11.1 Å². The summed E-state index contributed by atoms with van der Waals surface area (Å²) in [5.41, 5.74) is 5.18. The summed E-state index contributed by atoms with van der Waals surface area (Å²) in [5.74, 6) is -0.354. The predicted molar refractivity (Wildman–Crippen MR) is 126 cm³/mol. The van der Waals surface area contributed by atoms with E-state index in [1.165, 1.54) is 6.26 Å². The quantitative estimate of drug-likeness (QED) is 0.399. The van der Waals surface area contributed by atoms with Gasteiger partial charge in [-0.15, -0.1) is 0 Å². The van der Waals surface area contributed by atoms with Crippen LogP contribution in [0.1, 0.15) is 45.0 Å². The van der Waals surface area contributed by atoms with Crippen molar-refractivity contribution in [2.75, 3.05) is 5.32 Å². The van der Waals surface area contributed by atoms with E-state index in [9.17, 15) is 9.59 Å². The van der Waals surface area contributed by atoms with Crippen molar-refractivity contribution in [3.63, 3.8) is 0 Å². The molecule has 1 heterocycles. The molecule has 0 bridgehead atoms. The van der Waals surface area contributed by atoms with E-state index < -0.39 is 0 Å². The standard InChI is InChI=1S/C27H24N2O3/c1-18-10-11-23(17-24(18)29-27(31)25-9-6-16-32-25)26(30)28-19(2)20-12-14-22(15-13-20)21-7-4-3-5-8-21/h3-17,19H,1-2H3,(H,28,30)(H,29,31). The van der Waals surface area contributed by atoms with Gasteiger partial charge in [0.2, 0.25) is 0 Å². The van der Waals surface area contributed by atoms with Gasteiger partial charge in [-0.05, 0) is 60.4 Å². The molecule has 5 heteroatoms. The third-order valence-electron chi connectivity index (χ3n) is 5.36. The molecule has 4 rings (SSSR count). The molecule has 2 N–H and O–H groups in total. The van der Waals surface area contributed by atoms with Gasteiger partial charge in [-0.1, -0.05) is 60.7 Å². The molecule has 5 nitrogen and oxygen atoms in total. The van der Waals surface area contributed by atoms with Gasteiger partial charge >= 0.3 is 0 Å². The van der Waals surface area contributed by atoms with Crippen molar-refractivity contribution in [1.82, 2.24) is 5.32 Å². The van der Waals surface area contributed by atoms with Crippen LogP contribution in [-0.2, 0) is 0 Å². The number of furan rings is 1. The molecule has 0 aliphatic rings. The van der Waals surface area contributed by atoms with Crippen molar-refractivity contribution >= 4 is 17.5 Å². The third-order valence-corrected chi connectivity index (χ3v) is 5.36. The van der Waals surface area contributed by atoms with Crippen molar-refractivity contribution in [1.29, 1.82) is 0 Å². The molecule has 4 aromatic rings. The molecule has 1 aromatic heterocycles. The Morgan fingerprint density at radius 1 is 0.812 bits per heavy atom. The maximum atomic E-state index is 12.9. The molecule has 0 saturated heterocycles. The topological polar surface area (TPSA) is 71.3 Å². The number of carbonyl (C=O) groups is 2. The van der Waals surface area contributed by atoms with Crippen LogP contribution in [0.4, 0.5) is 5.69 Å².